The molecule has 0 spiro atoms. The highest BCUT2D eigenvalue weighted by Gasteiger charge is 2.23. The maximum Gasteiger partial charge on any atom is 0.511 e. The van der Waals surface area contributed by atoms with Gasteiger partial charge in [-0.1, -0.05) is 43.9 Å². The highest BCUT2D eigenvalue weighted by atomic mass is 17.1. The molecular formula is C38H47N3O14. The van der Waals surface area contributed by atoms with Gasteiger partial charge in [0.1, 0.15) is 0 Å². The Labute approximate surface area is 318 Å². The molecule has 3 rings (SSSR count). The minimum Gasteiger partial charge on any atom is -0.493 e. The average Bonchev–Trinajstić information content (AvgIpc) is 3.17. The molecule has 0 heterocycles. The molecule has 0 aliphatic carbocycles. The summed E-state index contributed by atoms with van der Waals surface area (Å²) in [6, 6.07) is 13.5. The van der Waals surface area contributed by atoms with Crippen LogP contribution in [0.5, 0.6) is 34.5 Å². The molecule has 3 aromatic carbocycles. The number of para-hydroxylation sites is 3. The summed E-state index contributed by atoms with van der Waals surface area (Å²) in [6.45, 7) is 1.55. The Balaban J connectivity index is 1.49. The van der Waals surface area contributed by atoms with Gasteiger partial charge in [0.2, 0.25) is 5.75 Å². The predicted molar refractivity (Wildman–Crippen MR) is 197 cm³/mol. The van der Waals surface area contributed by atoms with E-state index in [1.165, 1.54) is 57.7 Å². The van der Waals surface area contributed by atoms with Gasteiger partial charge in [-0.05, 0) is 62.1 Å². The molecule has 5 N–H and O–H groups in total. The van der Waals surface area contributed by atoms with Crippen molar-refractivity contribution >= 4 is 30.0 Å². The molecular weight excluding hydrogens is 722 g/mol. The molecule has 0 bridgehead atoms. The number of methoxy groups -OCH3 is 3. The van der Waals surface area contributed by atoms with E-state index in [0.717, 1.165) is 25.7 Å². The van der Waals surface area contributed by atoms with Gasteiger partial charge in [-0.15, -0.1) is 0 Å². The second kappa shape index (κ2) is 22.8. The topological polar surface area (TPSA) is 229 Å². The van der Waals surface area contributed by atoms with E-state index in [0.29, 0.717) is 51.9 Å². The lowest BCUT2D eigenvalue weighted by Gasteiger charge is -2.24. The fraction of sp³-hybridized carbons (Fsp3) is 0.395. The van der Waals surface area contributed by atoms with E-state index in [4.69, 9.17) is 33.9 Å². The van der Waals surface area contributed by atoms with Gasteiger partial charge in [0.25, 0.3) is 17.7 Å². The smallest absolute Gasteiger partial charge is 0.493 e. The summed E-state index contributed by atoms with van der Waals surface area (Å²) in [5, 5.41) is 33.0. The van der Waals surface area contributed by atoms with Gasteiger partial charge >= 0.3 is 12.3 Å². The number of benzene rings is 3. The van der Waals surface area contributed by atoms with E-state index < -0.39 is 24.1 Å². The van der Waals surface area contributed by atoms with Crippen LogP contribution in [-0.4, -0.2) is 97.9 Å². The second-order valence-electron chi connectivity index (χ2n) is 12.0. The van der Waals surface area contributed by atoms with Crippen LogP contribution in [0.3, 0.4) is 0 Å². The zero-order valence-electron chi connectivity index (χ0n) is 31.0. The quantitative estimate of drug-likeness (QED) is 0.0241. The maximum absolute atomic E-state index is 13.7. The Bertz CT molecular complexity index is 1670. The Morgan fingerprint density at radius 1 is 0.545 bits per heavy atom. The standard InChI is InChI=1S/C38H47N3O14/c1-50-28-18-14-17-27(33(28)55-49)36(44)41(23-10-6-4-8-21-39-34(42)25-15-12-19-29(31(25)51-2)53-37(45)46)24-11-7-5-9-22-40-35(43)26-16-13-20-30(32(26)52-3)54-38(47)48/h12-20,49H,4-11,21-24H2,1-3H3,(H,39,42)(H,40,43)(H,45,46)(H,47,48). The lowest BCUT2D eigenvalue weighted by molar-refractivity contribution is -0.139. The molecule has 0 atom stereocenters. The first-order valence-electron chi connectivity index (χ1n) is 17.6. The van der Waals surface area contributed by atoms with Gasteiger partial charge in [-0.2, -0.15) is 0 Å². The minimum absolute atomic E-state index is 0.0131. The number of rotatable bonds is 23. The van der Waals surface area contributed by atoms with Crippen molar-refractivity contribution in [1.82, 2.24) is 15.5 Å². The first-order valence-corrected chi connectivity index (χ1v) is 17.6. The van der Waals surface area contributed by atoms with Crippen molar-refractivity contribution in [1.29, 1.82) is 0 Å². The lowest BCUT2D eigenvalue weighted by atomic mass is 10.1. The van der Waals surface area contributed by atoms with Crippen molar-refractivity contribution in [3.05, 3.63) is 71.3 Å². The zero-order chi connectivity index (χ0) is 40.2. The number of nitrogens with one attached hydrogen (secondary N) is 2. The number of carbonyl (C=O) groups is 5. The van der Waals surface area contributed by atoms with Crippen molar-refractivity contribution < 1.29 is 68.0 Å². The van der Waals surface area contributed by atoms with Crippen LogP contribution in [0.1, 0.15) is 82.4 Å². The van der Waals surface area contributed by atoms with Crippen molar-refractivity contribution in [2.45, 2.75) is 51.4 Å². The Hall–Kier alpha value is -6.23. The first kappa shape index (κ1) is 43.2. The van der Waals surface area contributed by atoms with Gasteiger partial charge < -0.3 is 54.3 Å². The minimum atomic E-state index is -1.53. The van der Waals surface area contributed by atoms with Crippen LogP contribution in [0.15, 0.2) is 54.6 Å². The number of ether oxygens (including phenoxy) is 5. The van der Waals surface area contributed by atoms with E-state index in [2.05, 4.69) is 15.5 Å². The molecule has 0 unspecified atom stereocenters. The molecule has 0 aromatic heterocycles. The normalized spacial score (nSPS) is 10.5. The van der Waals surface area contributed by atoms with Crippen molar-refractivity contribution in [2.75, 3.05) is 47.5 Å². The summed E-state index contributed by atoms with van der Waals surface area (Å²) in [5.41, 5.74) is 0.425. The summed E-state index contributed by atoms with van der Waals surface area (Å²) >= 11 is 0. The van der Waals surface area contributed by atoms with E-state index >= 15 is 0 Å². The maximum atomic E-state index is 13.7. The number of carboxylic acid groups (broad SMARTS) is 2. The predicted octanol–water partition coefficient (Wildman–Crippen LogP) is 6.10. The highest BCUT2D eigenvalue weighted by molar-refractivity contribution is 5.99. The number of amides is 3. The van der Waals surface area contributed by atoms with Gasteiger partial charge in [0.15, 0.2) is 28.7 Å². The molecule has 0 aliphatic heterocycles. The van der Waals surface area contributed by atoms with Crippen molar-refractivity contribution in [2.24, 2.45) is 0 Å². The average molecular weight is 770 g/mol. The fourth-order valence-electron chi connectivity index (χ4n) is 5.74. The van der Waals surface area contributed by atoms with Crippen LogP contribution in [-0.2, 0) is 0 Å². The van der Waals surface area contributed by atoms with Gasteiger partial charge in [-0.25, -0.2) is 14.8 Å². The van der Waals surface area contributed by atoms with Crippen molar-refractivity contribution in [3.8, 4) is 34.5 Å². The van der Waals surface area contributed by atoms with Crippen LogP contribution in [0.2, 0.25) is 0 Å². The molecule has 3 aromatic rings. The fourth-order valence-corrected chi connectivity index (χ4v) is 5.74. The summed E-state index contributed by atoms with van der Waals surface area (Å²) in [7, 11) is 4.03. The third-order valence-electron chi connectivity index (χ3n) is 8.34. The molecule has 0 aliphatic rings. The molecule has 0 fully saturated rings. The van der Waals surface area contributed by atoms with Crippen LogP contribution in [0.25, 0.3) is 0 Å². The largest absolute Gasteiger partial charge is 0.511 e. The van der Waals surface area contributed by atoms with Crippen LogP contribution in [0.4, 0.5) is 9.59 Å². The number of nitrogens with zero attached hydrogens (tertiary/aromatic N) is 1. The van der Waals surface area contributed by atoms with Gasteiger partial charge in [0, 0.05) is 26.2 Å². The van der Waals surface area contributed by atoms with E-state index in [1.807, 2.05) is 0 Å². The van der Waals surface area contributed by atoms with Crippen LogP contribution in [0, 0.1) is 0 Å². The molecule has 3 amide bonds. The molecule has 17 nitrogen and oxygen atoms in total. The Kier molecular flexibility index (Phi) is 17.9. The second-order valence-corrected chi connectivity index (χ2v) is 12.0. The zero-order valence-corrected chi connectivity index (χ0v) is 31.0. The third kappa shape index (κ3) is 13.0. The third-order valence-corrected chi connectivity index (χ3v) is 8.34. The van der Waals surface area contributed by atoms with Gasteiger partial charge in [-0.3, -0.25) is 14.4 Å². The van der Waals surface area contributed by atoms with E-state index in [9.17, 15) is 29.2 Å². The summed E-state index contributed by atoms with van der Waals surface area (Å²) in [4.78, 5) is 67.4. The molecule has 55 heavy (non-hydrogen) atoms. The highest BCUT2D eigenvalue weighted by Crippen LogP contribution is 2.33. The number of hydrogen-bond acceptors (Lipinski definition) is 12. The molecule has 298 valence electrons. The SMILES string of the molecule is COc1cccc(C(=O)N(CCCCCCNC(=O)c2cccc(OC(=O)O)c2OC)CCCCCCNC(=O)c2cccc(OC(=O)O)c2OC)c1OO. The van der Waals surface area contributed by atoms with Crippen LogP contribution < -0.4 is 39.2 Å². The molecule has 0 saturated carbocycles. The Morgan fingerprint density at radius 3 is 1.36 bits per heavy atom. The molecule has 0 radical (unpaired) electrons. The molecule has 0 saturated heterocycles. The van der Waals surface area contributed by atoms with Gasteiger partial charge in [0.05, 0.1) is 38.0 Å². The molecule has 17 heteroatoms. The van der Waals surface area contributed by atoms with E-state index in [-0.39, 0.29) is 57.1 Å². The number of carbonyl (C=O) groups excluding carboxylic acids is 3. The summed E-state index contributed by atoms with van der Waals surface area (Å²) < 4.78 is 25.1. The Morgan fingerprint density at radius 2 is 0.964 bits per heavy atom. The van der Waals surface area contributed by atoms with Crippen molar-refractivity contribution in [3.63, 3.8) is 0 Å². The van der Waals surface area contributed by atoms with Crippen LogP contribution >= 0.6 is 0 Å². The summed E-state index contributed by atoms with van der Waals surface area (Å²) in [5.74, 6) is -1.25. The lowest BCUT2D eigenvalue weighted by Crippen LogP contribution is -2.33. The van der Waals surface area contributed by atoms with E-state index in [1.54, 1.807) is 23.1 Å². The summed E-state index contributed by atoms with van der Waals surface area (Å²) in [6.07, 6.45) is 2.57. The number of hydrogen-bond donors (Lipinski definition) is 5. The monoisotopic (exact) mass is 769 g/mol. The number of unbranched alkanes of at least 4 members (excludes halogenated alkanes) is 6. The first-order chi connectivity index (χ1) is 26.6.